The van der Waals surface area contributed by atoms with E-state index in [1.807, 2.05) is 19.1 Å². The van der Waals surface area contributed by atoms with Gasteiger partial charge in [-0.3, -0.25) is 4.98 Å². The lowest BCUT2D eigenvalue weighted by atomic mass is 10.2. The van der Waals surface area contributed by atoms with E-state index < -0.39 is 11.6 Å². The lowest BCUT2D eigenvalue weighted by Crippen LogP contribution is -2.03. The predicted octanol–water partition coefficient (Wildman–Crippen LogP) is 3.28. The topological polar surface area (TPSA) is 24.9 Å². The van der Waals surface area contributed by atoms with Gasteiger partial charge in [-0.25, -0.2) is 8.78 Å². The van der Waals surface area contributed by atoms with Gasteiger partial charge in [-0.05, 0) is 36.8 Å². The maximum atomic E-state index is 13.3. The van der Waals surface area contributed by atoms with Gasteiger partial charge in [0.25, 0.3) is 0 Å². The van der Waals surface area contributed by atoms with Gasteiger partial charge < -0.3 is 5.32 Å². The van der Waals surface area contributed by atoms with Gasteiger partial charge in [0, 0.05) is 6.20 Å². The van der Waals surface area contributed by atoms with E-state index in [9.17, 15) is 8.78 Å². The van der Waals surface area contributed by atoms with E-state index in [2.05, 4.69) is 10.3 Å². The molecule has 0 radical (unpaired) electrons. The average molecular weight is 234 g/mol. The van der Waals surface area contributed by atoms with Crippen molar-refractivity contribution in [3.05, 3.63) is 59.4 Å². The Labute approximate surface area is 98.3 Å². The van der Waals surface area contributed by atoms with Crippen molar-refractivity contribution in [2.24, 2.45) is 0 Å². The molecule has 0 fully saturated rings. The average Bonchev–Trinajstić information content (AvgIpc) is 2.32. The Morgan fingerprint density at radius 1 is 1.18 bits per heavy atom. The zero-order valence-corrected chi connectivity index (χ0v) is 9.37. The zero-order chi connectivity index (χ0) is 12.3. The number of halogens is 2. The molecule has 0 unspecified atom stereocenters. The molecule has 2 aromatic rings. The molecule has 0 aliphatic rings. The Kier molecular flexibility index (Phi) is 3.32. The maximum absolute atomic E-state index is 13.3. The minimum atomic E-state index is -0.474. The van der Waals surface area contributed by atoms with Crippen LogP contribution in [0.4, 0.5) is 14.5 Å². The summed E-state index contributed by atoms with van der Waals surface area (Å²) in [4.78, 5) is 4.17. The molecule has 0 aliphatic heterocycles. The van der Waals surface area contributed by atoms with Crippen LogP contribution in [-0.2, 0) is 6.54 Å². The first kappa shape index (κ1) is 11.5. The monoisotopic (exact) mass is 234 g/mol. The van der Waals surface area contributed by atoms with E-state index >= 15 is 0 Å². The Hall–Kier alpha value is -1.97. The summed E-state index contributed by atoms with van der Waals surface area (Å²) < 4.78 is 26.2. The molecule has 88 valence electrons. The van der Waals surface area contributed by atoms with Gasteiger partial charge in [-0.2, -0.15) is 0 Å². The number of pyridine rings is 1. The largest absolute Gasteiger partial charge is 0.377 e. The van der Waals surface area contributed by atoms with Crippen molar-refractivity contribution in [2.45, 2.75) is 13.5 Å². The Morgan fingerprint density at radius 3 is 2.71 bits per heavy atom. The first-order valence-electron chi connectivity index (χ1n) is 5.25. The van der Waals surface area contributed by atoms with Crippen LogP contribution in [0.1, 0.15) is 11.3 Å². The standard InChI is InChI=1S/C13H12F2N2/c1-9-2-4-11(16-7-9)8-17-13-6-10(14)3-5-12(13)15/h2-7,17H,8H2,1H3. The number of benzene rings is 1. The lowest BCUT2D eigenvalue weighted by molar-refractivity contribution is 0.602. The molecule has 0 spiro atoms. The van der Waals surface area contributed by atoms with E-state index in [-0.39, 0.29) is 5.69 Å². The smallest absolute Gasteiger partial charge is 0.146 e. The number of rotatable bonds is 3. The second-order valence-corrected chi connectivity index (χ2v) is 3.80. The number of aryl methyl sites for hydroxylation is 1. The van der Waals surface area contributed by atoms with E-state index in [0.717, 1.165) is 29.5 Å². The van der Waals surface area contributed by atoms with Crippen LogP contribution in [0.15, 0.2) is 36.5 Å². The van der Waals surface area contributed by atoms with Crippen LogP contribution in [0.2, 0.25) is 0 Å². The van der Waals surface area contributed by atoms with E-state index in [0.29, 0.717) is 6.54 Å². The highest BCUT2D eigenvalue weighted by molar-refractivity contribution is 5.45. The third-order valence-electron chi connectivity index (χ3n) is 2.36. The fourth-order valence-corrected chi connectivity index (χ4v) is 1.42. The number of anilines is 1. The molecule has 2 rings (SSSR count). The molecule has 0 saturated heterocycles. The summed E-state index contributed by atoms with van der Waals surface area (Å²) in [5.41, 5.74) is 1.98. The molecule has 17 heavy (non-hydrogen) atoms. The van der Waals surface area contributed by atoms with Crippen molar-refractivity contribution in [3.63, 3.8) is 0 Å². The summed E-state index contributed by atoms with van der Waals surface area (Å²) in [6.45, 7) is 2.30. The first-order chi connectivity index (χ1) is 8.15. The van der Waals surface area contributed by atoms with Gasteiger partial charge in [0.1, 0.15) is 11.6 Å². The third-order valence-corrected chi connectivity index (χ3v) is 2.36. The van der Waals surface area contributed by atoms with Crippen molar-refractivity contribution in [1.29, 1.82) is 0 Å². The Balaban J connectivity index is 2.07. The summed E-state index contributed by atoms with van der Waals surface area (Å²) in [6.07, 6.45) is 1.74. The van der Waals surface area contributed by atoms with Crippen molar-refractivity contribution in [1.82, 2.24) is 4.98 Å². The van der Waals surface area contributed by atoms with E-state index in [1.54, 1.807) is 6.20 Å². The molecule has 1 heterocycles. The SMILES string of the molecule is Cc1ccc(CNc2cc(F)ccc2F)nc1. The highest BCUT2D eigenvalue weighted by atomic mass is 19.1. The van der Waals surface area contributed by atoms with Crippen molar-refractivity contribution in [2.75, 3.05) is 5.32 Å². The second-order valence-electron chi connectivity index (χ2n) is 3.80. The molecule has 0 aliphatic carbocycles. The third kappa shape index (κ3) is 3.00. The van der Waals surface area contributed by atoms with Gasteiger partial charge in [0.05, 0.1) is 17.9 Å². The number of aromatic nitrogens is 1. The summed E-state index contributed by atoms with van der Waals surface area (Å²) in [5, 5.41) is 2.81. The van der Waals surface area contributed by atoms with E-state index in [1.165, 1.54) is 0 Å². The van der Waals surface area contributed by atoms with Crippen LogP contribution >= 0.6 is 0 Å². The predicted molar refractivity (Wildman–Crippen MR) is 62.7 cm³/mol. The molecule has 1 aromatic heterocycles. The van der Waals surface area contributed by atoms with E-state index in [4.69, 9.17) is 0 Å². The number of hydrogen-bond donors (Lipinski definition) is 1. The minimum Gasteiger partial charge on any atom is -0.377 e. The molecule has 4 heteroatoms. The van der Waals surface area contributed by atoms with Crippen molar-refractivity contribution >= 4 is 5.69 Å². The summed E-state index contributed by atoms with van der Waals surface area (Å²) in [6, 6.07) is 7.08. The minimum absolute atomic E-state index is 0.146. The zero-order valence-electron chi connectivity index (χ0n) is 9.37. The molecule has 0 atom stereocenters. The fraction of sp³-hybridized carbons (Fsp3) is 0.154. The van der Waals surface area contributed by atoms with Gasteiger partial charge in [-0.1, -0.05) is 6.07 Å². The molecule has 0 saturated carbocycles. The van der Waals surface area contributed by atoms with Crippen LogP contribution in [0.25, 0.3) is 0 Å². The summed E-state index contributed by atoms with van der Waals surface area (Å²) in [5.74, 6) is -0.940. The number of hydrogen-bond acceptors (Lipinski definition) is 2. The molecular formula is C13H12F2N2. The number of nitrogens with one attached hydrogen (secondary N) is 1. The quantitative estimate of drug-likeness (QED) is 0.881. The van der Waals surface area contributed by atoms with Crippen LogP contribution in [0.5, 0.6) is 0 Å². The first-order valence-corrected chi connectivity index (χ1v) is 5.25. The highest BCUT2D eigenvalue weighted by Gasteiger charge is 2.03. The van der Waals surface area contributed by atoms with Crippen molar-refractivity contribution in [3.8, 4) is 0 Å². The normalized spacial score (nSPS) is 10.3. The lowest BCUT2D eigenvalue weighted by Gasteiger charge is -2.07. The Bertz CT molecular complexity index is 509. The maximum Gasteiger partial charge on any atom is 0.146 e. The highest BCUT2D eigenvalue weighted by Crippen LogP contribution is 2.15. The van der Waals surface area contributed by atoms with Crippen molar-refractivity contribution < 1.29 is 8.78 Å². The van der Waals surface area contributed by atoms with Gasteiger partial charge in [0.2, 0.25) is 0 Å². The summed E-state index contributed by atoms with van der Waals surface area (Å²) in [7, 11) is 0. The van der Waals surface area contributed by atoms with Crippen LogP contribution in [-0.4, -0.2) is 4.98 Å². The number of nitrogens with zero attached hydrogens (tertiary/aromatic N) is 1. The fourth-order valence-electron chi connectivity index (χ4n) is 1.42. The van der Waals surface area contributed by atoms with Crippen LogP contribution < -0.4 is 5.32 Å². The molecule has 0 bridgehead atoms. The van der Waals surface area contributed by atoms with Gasteiger partial charge >= 0.3 is 0 Å². The van der Waals surface area contributed by atoms with Crippen LogP contribution in [0, 0.1) is 18.6 Å². The molecule has 2 nitrogen and oxygen atoms in total. The second kappa shape index (κ2) is 4.91. The van der Waals surface area contributed by atoms with Gasteiger partial charge in [0.15, 0.2) is 0 Å². The molecule has 1 N–H and O–H groups in total. The molecule has 0 amide bonds. The molecule has 1 aromatic carbocycles. The molecular weight excluding hydrogens is 222 g/mol. The van der Waals surface area contributed by atoms with Gasteiger partial charge in [-0.15, -0.1) is 0 Å². The summed E-state index contributed by atoms with van der Waals surface area (Å²) >= 11 is 0. The Morgan fingerprint density at radius 2 is 2.00 bits per heavy atom. The van der Waals surface area contributed by atoms with Crippen LogP contribution in [0.3, 0.4) is 0 Å².